The number of hydrazine groups is 1. The number of fused-ring (bicyclic) bond motifs is 1. The molecule has 6 nitrogen and oxygen atoms in total. The average molecular weight is 425 g/mol. The first-order chi connectivity index (χ1) is 13.3. The van der Waals surface area contributed by atoms with E-state index in [9.17, 15) is 12.8 Å². The van der Waals surface area contributed by atoms with Crippen LogP contribution >= 0.6 is 11.6 Å². The van der Waals surface area contributed by atoms with Crippen molar-refractivity contribution in [2.75, 3.05) is 4.72 Å². The van der Waals surface area contributed by atoms with Crippen LogP contribution in [-0.2, 0) is 10.0 Å². The van der Waals surface area contributed by atoms with Gasteiger partial charge in [-0.05, 0) is 55.0 Å². The van der Waals surface area contributed by atoms with E-state index < -0.39 is 20.7 Å². The van der Waals surface area contributed by atoms with Crippen LogP contribution in [0.15, 0.2) is 47.4 Å². The van der Waals surface area contributed by atoms with E-state index in [4.69, 9.17) is 17.3 Å². The molecule has 2 aromatic rings. The van der Waals surface area contributed by atoms with Crippen molar-refractivity contribution in [2.45, 2.75) is 42.3 Å². The highest BCUT2D eigenvalue weighted by Crippen LogP contribution is 2.38. The fraction of sp³-hybridized carbons (Fsp3) is 0.368. The maximum Gasteiger partial charge on any atom is 0.264 e. The van der Waals surface area contributed by atoms with Crippen LogP contribution in [0.5, 0.6) is 0 Å². The third-order valence-electron chi connectivity index (χ3n) is 5.64. The largest absolute Gasteiger partial charge is 0.315 e. The van der Waals surface area contributed by atoms with E-state index in [-0.39, 0.29) is 11.2 Å². The number of nitrogens with one attached hydrogen (secondary N) is 3. The van der Waals surface area contributed by atoms with Crippen LogP contribution in [0.2, 0.25) is 5.02 Å². The Bertz CT molecular complexity index is 970. The van der Waals surface area contributed by atoms with Gasteiger partial charge in [0.05, 0.1) is 11.2 Å². The van der Waals surface area contributed by atoms with Gasteiger partial charge in [0.1, 0.15) is 4.90 Å². The number of benzene rings is 2. The van der Waals surface area contributed by atoms with Crippen LogP contribution in [0.25, 0.3) is 0 Å². The van der Waals surface area contributed by atoms with Gasteiger partial charge in [-0.25, -0.2) is 18.2 Å². The monoisotopic (exact) mass is 424 g/mol. The molecule has 9 heteroatoms. The summed E-state index contributed by atoms with van der Waals surface area (Å²) in [5.41, 5.74) is 13.9. The Morgan fingerprint density at radius 3 is 2.61 bits per heavy atom. The number of rotatable bonds is 4. The average Bonchev–Trinajstić information content (AvgIpc) is 3.04. The van der Waals surface area contributed by atoms with E-state index in [2.05, 4.69) is 15.6 Å². The molecular formula is C19H22ClFN4O2S. The summed E-state index contributed by atoms with van der Waals surface area (Å²) in [6.45, 7) is 0. The Labute approximate surface area is 168 Å². The Balaban J connectivity index is 1.47. The summed E-state index contributed by atoms with van der Waals surface area (Å²) in [6, 6.07) is 11.5. The van der Waals surface area contributed by atoms with Gasteiger partial charge in [0.25, 0.3) is 10.0 Å². The summed E-state index contributed by atoms with van der Waals surface area (Å²) < 4.78 is 41.4. The van der Waals surface area contributed by atoms with E-state index in [1.807, 2.05) is 12.1 Å². The zero-order chi connectivity index (χ0) is 19.9. The molecule has 2 aromatic carbocycles. The molecule has 150 valence electrons. The molecule has 0 bridgehead atoms. The summed E-state index contributed by atoms with van der Waals surface area (Å²) in [4.78, 5) is -0.474. The number of halogens is 2. The van der Waals surface area contributed by atoms with Gasteiger partial charge < -0.3 is 5.73 Å². The fourth-order valence-corrected chi connectivity index (χ4v) is 5.52. The SMILES string of the molecule is NC1NNC2CC(c3ccc(NS(=O)(=O)c4cccc(Cl)c4F)cc3)CCC12. The lowest BCUT2D eigenvalue weighted by atomic mass is 9.75. The molecule has 4 atom stereocenters. The minimum absolute atomic E-state index is 0.00498. The zero-order valence-electron chi connectivity index (χ0n) is 15.0. The summed E-state index contributed by atoms with van der Waals surface area (Å²) in [6.07, 6.45) is 3.05. The Morgan fingerprint density at radius 2 is 1.86 bits per heavy atom. The van der Waals surface area contributed by atoms with Crippen molar-refractivity contribution in [1.29, 1.82) is 0 Å². The molecule has 5 N–H and O–H groups in total. The second-order valence-electron chi connectivity index (χ2n) is 7.37. The maximum atomic E-state index is 14.1. The molecule has 1 heterocycles. The van der Waals surface area contributed by atoms with Crippen LogP contribution in [0, 0.1) is 11.7 Å². The Morgan fingerprint density at radius 1 is 1.11 bits per heavy atom. The van der Waals surface area contributed by atoms with Gasteiger partial charge in [-0.3, -0.25) is 10.1 Å². The summed E-state index contributed by atoms with van der Waals surface area (Å²) in [5, 5.41) is -0.233. The van der Waals surface area contributed by atoms with Crippen molar-refractivity contribution >= 4 is 27.3 Å². The molecule has 2 aliphatic rings. The van der Waals surface area contributed by atoms with Crippen LogP contribution in [0.3, 0.4) is 0 Å². The van der Waals surface area contributed by atoms with Crippen LogP contribution < -0.4 is 21.3 Å². The molecule has 1 saturated carbocycles. The van der Waals surface area contributed by atoms with E-state index in [1.54, 1.807) is 12.1 Å². The normalized spacial score (nSPS) is 27.4. The highest BCUT2D eigenvalue weighted by molar-refractivity contribution is 7.92. The molecule has 4 rings (SSSR count). The highest BCUT2D eigenvalue weighted by atomic mass is 35.5. The van der Waals surface area contributed by atoms with Crippen molar-refractivity contribution in [3.05, 3.63) is 58.9 Å². The van der Waals surface area contributed by atoms with E-state index in [1.165, 1.54) is 18.2 Å². The molecule has 4 unspecified atom stereocenters. The van der Waals surface area contributed by atoms with Crippen LogP contribution in [-0.4, -0.2) is 20.6 Å². The van der Waals surface area contributed by atoms with E-state index in [0.29, 0.717) is 23.6 Å². The topological polar surface area (TPSA) is 96.2 Å². The first-order valence-corrected chi connectivity index (χ1v) is 11.0. The van der Waals surface area contributed by atoms with Gasteiger partial charge in [0.2, 0.25) is 0 Å². The summed E-state index contributed by atoms with van der Waals surface area (Å²) >= 11 is 5.69. The lowest BCUT2D eigenvalue weighted by molar-refractivity contribution is 0.281. The molecule has 28 heavy (non-hydrogen) atoms. The van der Waals surface area contributed by atoms with Crippen molar-refractivity contribution in [3.63, 3.8) is 0 Å². The number of sulfonamides is 1. The quantitative estimate of drug-likeness (QED) is 0.605. The lowest BCUT2D eigenvalue weighted by Crippen LogP contribution is -2.39. The fourth-order valence-electron chi connectivity index (χ4n) is 4.13. The van der Waals surface area contributed by atoms with Gasteiger partial charge in [-0.1, -0.05) is 29.8 Å². The number of hydrogen-bond donors (Lipinski definition) is 4. The van der Waals surface area contributed by atoms with Crippen LogP contribution in [0.4, 0.5) is 10.1 Å². The third-order valence-corrected chi connectivity index (χ3v) is 7.33. The number of nitrogens with two attached hydrogens (primary N) is 1. The standard InChI is InChI=1S/C19H22ClFN4O2S/c20-15-2-1-3-17(18(15)21)28(26,27)25-13-7-4-11(5-8-13)12-6-9-14-16(10-12)23-24-19(14)22/h1-5,7-8,12,14,16,19,23-25H,6,9-10,22H2. The molecule has 1 saturated heterocycles. The van der Waals surface area contributed by atoms with Crippen molar-refractivity contribution in [1.82, 2.24) is 10.9 Å². The minimum Gasteiger partial charge on any atom is -0.315 e. The van der Waals surface area contributed by atoms with Crippen molar-refractivity contribution in [2.24, 2.45) is 11.7 Å². The van der Waals surface area contributed by atoms with Gasteiger partial charge in [0, 0.05) is 17.6 Å². The molecule has 0 aromatic heterocycles. The molecule has 0 radical (unpaired) electrons. The molecular weight excluding hydrogens is 403 g/mol. The predicted octanol–water partition coefficient (Wildman–Crippen LogP) is 2.92. The number of anilines is 1. The van der Waals surface area contributed by atoms with Crippen molar-refractivity contribution < 1.29 is 12.8 Å². The number of hydrogen-bond acceptors (Lipinski definition) is 5. The molecule has 0 spiro atoms. The zero-order valence-corrected chi connectivity index (χ0v) is 16.6. The molecule has 0 amide bonds. The van der Waals surface area contributed by atoms with Crippen molar-refractivity contribution in [3.8, 4) is 0 Å². The van der Waals surface area contributed by atoms with E-state index in [0.717, 1.165) is 24.8 Å². The first-order valence-electron chi connectivity index (χ1n) is 9.18. The molecule has 1 aliphatic heterocycles. The lowest BCUT2D eigenvalue weighted by Gasteiger charge is -2.32. The Kier molecular flexibility index (Phi) is 5.32. The van der Waals surface area contributed by atoms with Gasteiger partial charge in [0.15, 0.2) is 5.82 Å². The molecule has 2 fully saturated rings. The predicted molar refractivity (Wildman–Crippen MR) is 107 cm³/mol. The van der Waals surface area contributed by atoms with Gasteiger partial charge in [-0.15, -0.1) is 0 Å². The van der Waals surface area contributed by atoms with Gasteiger partial charge >= 0.3 is 0 Å². The summed E-state index contributed by atoms with van der Waals surface area (Å²) in [7, 11) is -4.06. The summed E-state index contributed by atoms with van der Waals surface area (Å²) in [5.74, 6) is -0.132. The first kappa shape index (κ1) is 19.6. The van der Waals surface area contributed by atoms with Gasteiger partial charge in [-0.2, -0.15) is 0 Å². The third kappa shape index (κ3) is 3.75. The minimum atomic E-state index is -4.06. The Hall–Kier alpha value is -1.71. The second kappa shape index (κ2) is 7.61. The van der Waals surface area contributed by atoms with Crippen LogP contribution in [0.1, 0.15) is 30.7 Å². The highest BCUT2D eigenvalue weighted by Gasteiger charge is 2.38. The van der Waals surface area contributed by atoms with E-state index >= 15 is 0 Å². The smallest absolute Gasteiger partial charge is 0.264 e. The second-order valence-corrected chi connectivity index (χ2v) is 9.43. The molecule has 1 aliphatic carbocycles. The maximum absolute atomic E-state index is 14.1.